The van der Waals surface area contributed by atoms with E-state index in [1.54, 1.807) is 6.07 Å². The molecule has 0 saturated heterocycles. The normalized spacial score (nSPS) is 11.6. The lowest BCUT2D eigenvalue weighted by molar-refractivity contribution is 0.475. The quantitative estimate of drug-likeness (QED) is 0.195. The molecule has 0 unspecified atom stereocenters. The first-order valence-corrected chi connectivity index (χ1v) is 16.8. The highest BCUT2D eigenvalue weighted by atomic mass is 16.3. The summed E-state index contributed by atoms with van der Waals surface area (Å²) < 4.78 is 2.04. The molecule has 0 fully saturated rings. The van der Waals surface area contributed by atoms with Crippen LogP contribution < -0.4 is 0 Å². The molecular weight excluding hydrogens is 613 g/mol. The molecule has 5 aromatic carbocycles. The van der Waals surface area contributed by atoms with Gasteiger partial charge in [0, 0.05) is 29.2 Å². The smallest absolute Gasteiger partial charge is 0.165 e. The summed E-state index contributed by atoms with van der Waals surface area (Å²) in [5.74, 6) is 0.813. The number of benzene rings is 5. The maximum absolute atomic E-state index is 11.2. The molecule has 0 amide bonds. The Hall–Kier alpha value is -6.33. The van der Waals surface area contributed by atoms with Gasteiger partial charge in [0.05, 0.1) is 11.3 Å². The summed E-state index contributed by atoms with van der Waals surface area (Å²) in [5, 5.41) is 11.2. The number of aromatic nitrogens is 4. The third-order valence-electron chi connectivity index (χ3n) is 9.22. The SMILES string of the molecule is CC(C)(C)c1ccc(O)c(-c2nc3c(-c4cccc(-c5cc(-c6ccc(-c7ccccc7)cc6)ccn5)c4)ccnc3n2-c2ccccc2)c1. The fraction of sp³-hybridized carbons (Fsp3) is 0.0889. The van der Waals surface area contributed by atoms with E-state index in [-0.39, 0.29) is 11.2 Å². The van der Waals surface area contributed by atoms with Crippen LogP contribution >= 0.6 is 0 Å². The first-order chi connectivity index (χ1) is 24.3. The molecule has 3 heterocycles. The number of pyridine rings is 2. The molecule has 3 aromatic heterocycles. The van der Waals surface area contributed by atoms with Gasteiger partial charge in [-0.05, 0) is 87.3 Å². The Morgan fingerprint density at radius 3 is 1.90 bits per heavy atom. The van der Waals surface area contributed by atoms with Crippen LogP contribution in [0.25, 0.3) is 72.9 Å². The number of aromatic hydroxyl groups is 1. The largest absolute Gasteiger partial charge is 0.507 e. The predicted molar refractivity (Wildman–Crippen MR) is 204 cm³/mol. The van der Waals surface area contributed by atoms with Gasteiger partial charge >= 0.3 is 0 Å². The lowest BCUT2D eigenvalue weighted by Crippen LogP contribution is -2.11. The maximum atomic E-state index is 11.2. The summed E-state index contributed by atoms with van der Waals surface area (Å²) in [6, 6.07) is 49.6. The molecule has 0 spiro atoms. The highest BCUT2D eigenvalue weighted by Crippen LogP contribution is 2.39. The number of para-hydroxylation sites is 1. The van der Waals surface area contributed by atoms with Crippen LogP contribution in [0.3, 0.4) is 0 Å². The van der Waals surface area contributed by atoms with Crippen LogP contribution in [0.15, 0.2) is 158 Å². The van der Waals surface area contributed by atoms with Crippen LogP contribution in [-0.4, -0.2) is 24.6 Å². The van der Waals surface area contributed by atoms with Crippen molar-refractivity contribution < 1.29 is 5.11 Å². The van der Waals surface area contributed by atoms with Gasteiger partial charge in [-0.3, -0.25) is 9.55 Å². The van der Waals surface area contributed by atoms with Crippen molar-refractivity contribution in [3.8, 4) is 67.5 Å². The van der Waals surface area contributed by atoms with Gasteiger partial charge in [-0.15, -0.1) is 0 Å². The Balaban J connectivity index is 1.22. The second kappa shape index (κ2) is 12.6. The number of nitrogens with zero attached hydrogens (tertiary/aromatic N) is 4. The van der Waals surface area contributed by atoms with Gasteiger partial charge in [0.1, 0.15) is 11.3 Å². The fourth-order valence-electron chi connectivity index (χ4n) is 6.49. The number of fused-ring (bicyclic) bond motifs is 1. The first kappa shape index (κ1) is 31.0. The minimum Gasteiger partial charge on any atom is -0.507 e. The Morgan fingerprint density at radius 2 is 1.16 bits per heavy atom. The summed E-state index contributed by atoms with van der Waals surface area (Å²) in [7, 11) is 0. The Labute approximate surface area is 292 Å². The van der Waals surface area contributed by atoms with Crippen LogP contribution in [-0.2, 0) is 5.41 Å². The molecule has 242 valence electrons. The molecule has 50 heavy (non-hydrogen) atoms. The van der Waals surface area contributed by atoms with Gasteiger partial charge in [0.2, 0.25) is 0 Å². The third-order valence-corrected chi connectivity index (χ3v) is 9.22. The molecule has 0 aliphatic carbocycles. The molecule has 5 nitrogen and oxygen atoms in total. The van der Waals surface area contributed by atoms with Crippen LogP contribution in [0.1, 0.15) is 26.3 Å². The standard InChI is InChI=1S/C45H36N4O/c1-45(2,3)36-21-22-41(50)39(29-36)43-48-42-38(24-26-47-44(42)49(43)37-15-8-5-9-16-37)34-13-10-14-35(27-34)40-28-33(23-25-46-40)32-19-17-31(18-20-32)30-11-6-4-7-12-30/h4-29,50H,1-3H3. The predicted octanol–water partition coefficient (Wildman–Crippen LogP) is 11.2. The van der Waals surface area contributed by atoms with Crippen LogP contribution in [0.2, 0.25) is 0 Å². The lowest BCUT2D eigenvalue weighted by Gasteiger charge is -2.20. The molecule has 8 aromatic rings. The highest BCUT2D eigenvalue weighted by molar-refractivity contribution is 5.94. The molecule has 1 N–H and O–H groups in total. The van der Waals surface area contributed by atoms with Crippen molar-refractivity contribution in [2.75, 3.05) is 0 Å². The number of hydrogen-bond donors (Lipinski definition) is 1. The average Bonchev–Trinajstić information content (AvgIpc) is 3.55. The van der Waals surface area contributed by atoms with Crippen molar-refractivity contribution in [3.05, 3.63) is 164 Å². The number of phenolic OH excluding ortho intramolecular Hbond substituents is 1. The van der Waals surface area contributed by atoms with Gasteiger partial charge in [0.15, 0.2) is 11.5 Å². The fourth-order valence-corrected chi connectivity index (χ4v) is 6.49. The number of rotatable bonds is 6. The van der Waals surface area contributed by atoms with Crippen molar-refractivity contribution in [1.82, 2.24) is 19.5 Å². The van der Waals surface area contributed by atoms with Crippen LogP contribution in [0.5, 0.6) is 5.75 Å². The second-order valence-corrected chi connectivity index (χ2v) is 13.6. The minimum absolute atomic E-state index is 0.104. The number of imidazole rings is 1. The van der Waals surface area contributed by atoms with Gasteiger partial charge < -0.3 is 5.11 Å². The summed E-state index contributed by atoms with van der Waals surface area (Å²) in [6.45, 7) is 6.51. The van der Waals surface area contributed by atoms with Crippen molar-refractivity contribution in [2.24, 2.45) is 0 Å². The zero-order valence-corrected chi connectivity index (χ0v) is 28.2. The molecular formula is C45H36N4O. The summed E-state index contributed by atoms with van der Waals surface area (Å²) in [6.07, 6.45) is 3.71. The van der Waals surface area contributed by atoms with E-state index in [2.05, 4.69) is 106 Å². The monoisotopic (exact) mass is 648 g/mol. The first-order valence-electron chi connectivity index (χ1n) is 16.8. The molecule has 0 radical (unpaired) electrons. The van der Waals surface area contributed by atoms with E-state index < -0.39 is 0 Å². The molecule has 0 saturated carbocycles. The summed E-state index contributed by atoms with van der Waals surface area (Å²) in [5.41, 5.74) is 12.5. The van der Waals surface area contributed by atoms with Crippen molar-refractivity contribution >= 4 is 11.2 Å². The summed E-state index contributed by atoms with van der Waals surface area (Å²) >= 11 is 0. The van der Waals surface area contributed by atoms with Crippen LogP contribution in [0.4, 0.5) is 0 Å². The van der Waals surface area contributed by atoms with E-state index in [1.165, 1.54) is 11.1 Å². The Morgan fingerprint density at radius 1 is 0.520 bits per heavy atom. The molecule has 0 bridgehead atoms. The Kier molecular flexibility index (Phi) is 7.81. The van der Waals surface area contributed by atoms with Gasteiger partial charge in [-0.25, -0.2) is 9.97 Å². The zero-order chi connectivity index (χ0) is 34.2. The molecule has 8 rings (SSSR count). The van der Waals surface area contributed by atoms with Gasteiger partial charge in [-0.1, -0.05) is 118 Å². The van der Waals surface area contributed by atoms with Crippen molar-refractivity contribution in [3.63, 3.8) is 0 Å². The number of phenols is 1. The topological polar surface area (TPSA) is 63.8 Å². The van der Waals surface area contributed by atoms with E-state index in [9.17, 15) is 5.11 Å². The van der Waals surface area contributed by atoms with E-state index in [4.69, 9.17) is 15.0 Å². The van der Waals surface area contributed by atoms with E-state index in [0.717, 1.165) is 50.3 Å². The lowest BCUT2D eigenvalue weighted by atomic mass is 9.86. The van der Waals surface area contributed by atoms with E-state index in [0.29, 0.717) is 17.0 Å². The molecule has 0 aliphatic rings. The van der Waals surface area contributed by atoms with E-state index >= 15 is 0 Å². The second-order valence-electron chi connectivity index (χ2n) is 13.6. The summed E-state index contributed by atoms with van der Waals surface area (Å²) in [4.78, 5) is 14.9. The maximum Gasteiger partial charge on any atom is 0.165 e. The van der Waals surface area contributed by atoms with Gasteiger partial charge in [-0.2, -0.15) is 0 Å². The van der Waals surface area contributed by atoms with Crippen molar-refractivity contribution in [2.45, 2.75) is 26.2 Å². The van der Waals surface area contributed by atoms with Crippen LogP contribution in [0, 0.1) is 0 Å². The van der Waals surface area contributed by atoms with Gasteiger partial charge in [0.25, 0.3) is 0 Å². The third kappa shape index (κ3) is 5.84. The van der Waals surface area contributed by atoms with E-state index in [1.807, 2.05) is 71.6 Å². The zero-order valence-electron chi connectivity index (χ0n) is 28.2. The van der Waals surface area contributed by atoms with Crippen molar-refractivity contribution in [1.29, 1.82) is 0 Å². The molecule has 5 heteroatoms. The highest BCUT2D eigenvalue weighted by Gasteiger charge is 2.23. The molecule has 0 atom stereocenters. The molecule has 0 aliphatic heterocycles. The Bertz CT molecular complexity index is 2460. The number of hydrogen-bond acceptors (Lipinski definition) is 4. The average molecular weight is 649 g/mol. The minimum atomic E-state index is -0.104.